The Kier molecular flexibility index (Phi) is 3.48. The Bertz CT molecular complexity index is 731. The Balaban J connectivity index is 2.02. The Morgan fingerprint density at radius 1 is 1.10 bits per heavy atom. The van der Waals surface area contributed by atoms with E-state index in [1.54, 1.807) is 11.3 Å². The molecule has 2 aromatic carbocycles. The minimum Gasteiger partial charge on any atom is -0.481 e. The number of benzene rings is 2. The van der Waals surface area contributed by atoms with Crippen molar-refractivity contribution in [3.8, 4) is 10.6 Å². The lowest BCUT2D eigenvalue weighted by Crippen LogP contribution is -1.98. The Morgan fingerprint density at radius 3 is 2.65 bits per heavy atom. The number of rotatable bonds is 4. The third-order valence-corrected chi connectivity index (χ3v) is 4.22. The summed E-state index contributed by atoms with van der Waals surface area (Å²) < 4.78 is 1.15. The third kappa shape index (κ3) is 2.56. The largest absolute Gasteiger partial charge is 0.481 e. The zero-order chi connectivity index (χ0) is 13.9. The third-order valence-electron chi connectivity index (χ3n) is 3.15. The number of hydrogen-bond acceptors (Lipinski definition) is 3. The quantitative estimate of drug-likeness (QED) is 0.788. The number of aryl methyl sites for hydroxylation is 1. The molecule has 0 aliphatic heterocycles. The van der Waals surface area contributed by atoms with Crippen LogP contribution in [0.15, 0.2) is 48.5 Å². The summed E-state index contributed by atoms with van der Waals surface area (Å²) in [7, 11) is 0. The van der Waals surface area contributed by atoms with Crippen molar-refractivity contribution in [1.29, 1.82) is 0 Å². The van der Waals surface area contributed by atoms with Crippen LogP contribution in [0.4, 0.5) is 0 Å². The highest BCUT2D eigenvalue weighted by Gasteiger charge is 2.10. The summed E-state index contributed by atoms with van der Waals surface area (Å²) in [6.45, 7) is 0. The Morgan fingerprint density at radius 2 is 1.85 bits per heavy atom. The number of carbonyl (C=O) groups is 1. The predicted molar refractivity (Wildman–Crippen MR) is 81.0 cm³/mol. The number of thiazole rings is 1. The molecule has 20 heavy (non-hydrogen) atoms. The number of carboxylic acid groups (broad SMARTS) is 1. The fraction of sp³-hybridized carbons (Fsp3) is 0.125. The molecule has 0 unspecified atom stereocenters. The van der Waals surface area contributed by atoms with E-state index in [0.29, 0.717) is 6.42 Å². The number of hydrogen-bond donors (Lipinski definition) is 1. The molecular weight excluding hydrogens is 270 g/mol. The molecule has 1 N–H and O–H groups in total. The van der Waals surface area contributed by atoms with Gasteiger partial charge in [0.1, 0.15) is 5.01 Å². The summed E-state index contributed by atoms with van der Waals surface area (Å²) in [6, 6.07) is 15.9. The molecule has 3 rings (SSSR count). The molecular formula is C16H13NO2S. The van der Waals surface area contributed by atoms with Crippen LogP contribution in [0, 0.1) is 0 Å². The van der Waals surface area contributed by atoms with Gasteiger partial charge in [-0.15, -0.1) is 11.3 Å². The maximum Gasteiger partial charge on any atom is 0.303 e. The molecule has 0 radical (unpaired) electrons. The van der Waals surface area contributed by atoms with Crippen molar-refractivity contribution in [2.75, 3.05) is 0 Å². The van der Waals surface area contributed by atoms with Gasteiger partial charge < -0.3 is 5.11 Å². The van der Waals surface area contributed by atoms with Gasteiger partial charge in [0.15, 0.2) is 0 Å². The van der Waals surface area contributed by atoms with E-state index in [1.807, 2.05) is 42.5 Å². The van der Waals surface area contributed by atoms with Crippen LogP contribution in [0.1, 0.15) is 12.0 Å². The van der Waals surface area contributed by atoms with Gasteiger partial charge in [0.2, 0.25) is 0 Å². The van der Waals surface area contributed by atoms with Crippen molar-refractivity contribution in [2.45, 2.75) is 12.8 Å². The molecule has 0 bridgehead atoms. The van der Waals surface area contributed by atoms with E-state index >= 15 is 0 Å². The number of fused-ring (bicyclic) bond motifs is 1. The summed E-state index contributed by atoms with van der Waals surface area (Å²) in [5.41, 5.74) is 3.06. The van der Waals surface area contributed by atoms with E-state index in [2.05, 4.69) is 11.1 Å². The van der Waals surface area contributed by atoms with E-state index in [0.717, 1.165) is 26.4 Å². The van der Waals surface area contributed by atoms with Crippen molar-refractivity contribution in [2.24, 2.45) is 0 Å². The van der Waals surface area contributed by atoms with Gasteiger partial charge in [0.25, 0.3) is 0 Å². The van der Waals surface area contributed by atoms with E-state index < -0.39 is 5.97 Å². The van der Waals surface area contributed by atoms with Gasteiger partial charge in [-0.3, -0.25) is 4.79 Å². The van der Waals surface area contributed by atoms with Crippen LogP contribution >= 0.6 is 11.3 Å². The topological polar surface area (TPSA) is 50.2 Å². The van der Waals surface area contributed by atoms with Crippen LogP contribution in [0.2, 0.25) is 0 Å². The molecule has 0 saturated carbocycles. The van der Waals surface area contributed by atoms with Gasteiger partial charge in [-0.05, 0) is 24.1 Å². The lowest BCUT2D eigenvalue weighted by Gasteiger charge is -2.05. The summed E-state index contributed by atoms with van der Waals surface area (Å²) in [5, 5.41) is 9.79. The molecule has 100 valence electrons. The van der Waals surface area contributed by atoms with Gasteiger partial charge in [-0.1, -0.05) is 36.4 Å². The van der Waals surface area contributed by atoms with Crippen LogP contribution < -0.4 is 0 Å². The molecule has 0 saturated heterocycles. The van der Waals surface area contributed by atoms with Gasteiger partial charge in [-0.2, -0.15) is 0 Å². The van der Waals surface area contributed by atoms with Crippen LogP contribution in [0.25, 0.3) is 20.8 Å². The molecule has 3 nitrogen and oxygen atoms in total. The van der Waals surface area contributed by atoms with Crippen LogP contribution in [-0.2, 0) is 11.2 Å². The lowest BCUT2D eigenvalue weighted by atomic mass is 10.0. The second kappa shape index (κ2) is 5.43. The second-order valence-corrected chi connectivity index (χ2v) is 5.57. The molecule has 0 fully saturated rings. The molecule has 1 heterocycles. The van der Waals surface area contributed by atoms with Crippen molar-refractivity contribution >= 4 is 27.5 Å². The normalized spacial score (nSPS) is 10.8. The maximum absolute atomic E-state index is 10.7. The molecule has 3 aromatic rings. The summed E-state index contributed by atoms with van der Waals surface area (Å²) in [5.74, 6) is -0.774. The molecule has 4 heteroatoms. The Labute approximate surface area is 120 Å². The standard InChI is InChI=1S/C16H13NO2S/c18-15(19)10-9-11-5-1-2-6-12(11)16-17-13-7-3-4-8-14(13)20-16/h1-8H,9-10H2,(H,18,19). The number of para-hydroxylation sites is 1. The molecule has 0 aliphatic carbocycles. The van der Waals surface area contributed by atoms with Gasteiger partial charge in [-0.25, -0.2) is 4.98 Å². The lowest BCUT2D eigenvalue weighted by molar-refractivity contribution is -0.136. The SMILES string of the molecule is O=C(O)CCc1ccccc1-c1nc2ccccc2s1. The minimum absolute atomic E-state index is 0.141. The zero-order valence-corrected chi connectivity index (χ0v) is 11.6. The first-order valence-electron chi connectivity index (χ1n) is 6.40. The predicted octanol–water partition coefficient (Wildman–Crippen LogP) is 3.98. The molecule has 0 atom stereocenters. The van der Waals surface area contributed by atoms with Crippen LogP contribution in [-0.4, -0.2) is 16.1 Å². The summed E-state index contributed by atoms with van der Waals surface area (Å²) in [6.07, 6.45) is 0.670. The average molecular weight is 283 g/mol. The van der Waals surface area contributed by atoms with Crippen LogP contribution in [0.3, 0.4) is 0 Å². The highest BCUT2D eigenvalue weighted by molar-refractivity contribution is 7.21. The smallest absolute Gasteiger partial charge is 0.303 e. The van der Waals surface area contributed by atoms with Crippen molar-refractivity contribution in [1.82, 2.24) is 4.98 Å². The van der Waals surface area contributed by atoms with Crippen LogP contribution in [0.5, 0.6) is 0 Å². The number of aliphatic carboxylic acids is 1. The highest BCUT2D eigenvalue weighted by atomic mass is 32.1. The van der Waals surface area contributed by atoms with Gasteiger partial charge >= 0.3 is 5.97 Å². The van der Waals surface area contributed by atoms with Gasteiger partial charge in [0, 0.05) is 12.0 Å². The monoisotopic (exact) mass is 283 g/mol. The first-order valence-corrected chi connectivity index (χ1v) is 7.21. The fourth-order valence-electron chi connectivity index (χ4n) is 2.18. The fourth-order valence-corrected chi connectivity index (χ4v) is 3.20. The molecule has 0 spiro atoms. The van der Waals surface area contributed by atoms with E-state index in [-0.39, 0.29) is 6.42 Å². The highest BCUT2D eigenvalue weighted by Crippen LogP contribution is 2.32. The maximum atomic E-state index is 10.7. The van der Waals surface area contributed by atoms with Crippen molar-refractivity contribution < 1.29 is 9.90 Å². The average Bonchev–Trinajstić information content (AvgIpc) is 2.89. The number of carboxylic acids is 1. The number of aromatic nitrogens is 1. The van der Waals surface area contributed by atoms with Crippen molar-refractivity contribution in [3.63, 3.8) is 0 Å². The van der Waals surface area contributed by atoms with Crippen molar-refractivity contribution in [3.05, 3.63) is 54.1 Å². The zero-order valence-electron chi connectivity index (χ0n) is 10.7. The summed E-state index contributed by atoms with van der Waals surface area (Å²) in [4.78, 5) is 15.4. The molecule has 0 aliphatic rings. The summed E-state index contributed by atoms with van der Waals surface area (Å²) >= 11 is 1.64. The minimum atomic E-state index is -0.774. The van der Waals surface area contributed by atoms with E-state index in [9.17, 15) is 4.79 Å². The first-order chi connectivity index (χ1) is 9.74. The molecule has 0 amide bonds. The number of nitrogens with zero attached hydrogens (tertiary/aromatic N) is 1. The second-order valence-electron chi connectivity index (χ2n) is 4.54. The Hall–Kier alpha value is -2.20. The molecule has 1 aromatic heterocycles. The van der Waals surface area contributed by atoms with E-state index in [1.165, 1.54) is 0 Å². The van der Waals surface area contributed by atoms with Gasteiger partial charge in [0.05, 0.1) is 10.2 Å². The van der Waals surface area contributed by atoms with E-state index in [4.69, 9.17) is 5.11 Å². The first kappa shape index (κ1) is 12.8.